The minimum atomic E-state index is -0.467. The first kappa shape index (κ1) is 21.5. The van der Waals surface area contributed by atoms with Gasteiger partial charge in [-0.25, -0.2) is 4.79 Å². The lowest BCUT2D eigenvalue weighted by Crippen LogP contribution is -2.47. The third kappa shape index (κ3) is 4.47. The highest BCUT2D eigenvalue weighted by atomic mass is 16.7. The lowest BCUT2D eigenvalue weighted by atomic mass is 9.75. The summed E-state index contributed by atoms with van der Waals surface area (Å²) in [5.74, 6) is -0.729. The normalized spacial score (nSPS) is 21.9. The van der Waals surface area contributed by atoms with Crippen LogP contribution in [0.2, 0.25) is 0 Å². The Morgan fingerprint density at radius 2 is 1.28 bits per heavy atom. The molecule has 3 aromatic carbocycles. The molecule has 162 valence electrons. The molecule has 0 N–H and O–H groups in total. The maximum absolute atomic E-state index is 13.1. The molecule has 1 aliphatic heterocycles. The molecule has 3 atom stereocenters. The van der Waals surface area contributed by atoms with Crippen LogP contribution in [-0.4, -0.2) is 22.5 Å². The third-order valence-corrected chi connectivity index (χ3v) is 5.85. The number of piperidine rings is 1. The molecule has 32 heavy (non-hydrogen) atoms. The molecule has 0 aromatic heterocycles. The average molecular weight is 427 g/mol. The summed E-state index contributed by atoms with van der Waals surface area (Å²) in [4.78, 5) is 31.8. The van der Waals surface area contributed by atoms with Crippen molar-refractivity contribution in [2.45, 2.75) is 38.3 Å². The lowest BCUT2D eigenvalue weighted by molar-refractivity contribution is -0.141. The van der Waals surface area contributed by atoms with E-state index < -0.39 is 5.97 Å². The van der Waals surface area contributed by atoms with Gasteiger partial charge in [-0.05, 0) is 16.7 Å². The second-order valence-corrected chi connectivity index (χ2v) is 7.97. The number of carbonyl (C=O) groups is 2. The molecule has 1 amide bonds. The van der Waals surface area contributed by atoms with E-state index in [4.69, 9.17) is 4.84 Å². The fraction of sp³-hybridized carbons (Fsp3) is 0.222. The van der Waals surface area contributed by atoms with Gasteiger partial charge in [0, 0.05) is 20.3 Å². The van der Waals surface area contributed by atoms with Crippen LogP contribution in [0.15, 0.2) is 96.2 Å². The third-order valence-electron chi connectivity index (χ3n) is 5.85. The monoisotopic (exact) mass is 426 g/mol. The Morgan fingerprint density at radius 3 is 1.78 bits per heavy atom. The van der Waals surface area contributed by atoms with Crippen molar-refractivity contribution in [3.8, 4) is 0 Å². The first-order valence-corrected chi connectivity index (χ1v) is 10.7. The largest absolute Gasteiger partial charge is 0.331 e. The van der Waals surface area contributed by atoms with Gasteiger partial charge in [0.1, 0.15) is 0 Å². The molecule has 3 unspecified atom stereocenters. The van der Waals surface area contributed by atoms with E-state index in [9.17, 15) is 9.59 Å². The number of likely N-dealkylation sites (tertiary alicyclic amines) is 1. The molecule has 1 heterocycles. The van der Waals surface area contributed by atoms with Crippen LogP contribution >= 0.6 is 0 Å². The standard InChI is InChI=1S/C27H26N2O3/c1-19(30)29-25(21-12-6-3-7-13-21)18-24(28-32-20(2)31)26(22-14-8-4-9-15-22)27(29)23-16-10-5-11-17-23/h3-17,25-27H,18H2,1-2H3/b28-24+. The van der Waals surface area contributed by atoms with E-state index in [2.05, 4.69) is 5.16 Å². The maximum atomic E-state index is 13.1. The van der Waals surface area contributed by atoms with Crippen LogP contribution in [0, 0.1) is 0 Å². The van der Waals surface area contributed by atoms with Crippen molar-refractivity contribution < 1.29 is 14.4 Å². The molecule has 5 nitrogen and oxygen atoms in total. The first-order valence-electron chi connectivity index (χ1n) is 10.7. The van der Waals surface area contributed by atoms with E-state index in [1.807, 2.05) is 95.9 Å². The molecule has 0 radical (unpaired) electrons. The molecule has 3 aromatic rings. The van der Waals surface area contributed by atoms with Crippen LogP contribution in [0.4, 0.5) is 0 Å². The maximum Gasteiger partial charge on any atom is 0.331 e. The van der Waals surface area contributed by atoms with Gasteiger partial charge in [0.2, 0.25) is 5.91 Å². The average Bonchev–Trinajstić information content (AvgIpc) is 2.83. The molecule has 5 heteroatoms. The van der Waals surface area contributed by atoms with Gasteiger partial charge in [-0.1, -0.05) is 96.2 Å². The summed E-state index contributed by atoms with van der Waals surface area (Å²) in [6.45, 7) is 2.96. The van der Waals surface area contributed by atoms with Crippen molar-refractivity contribution in [2.24, 2.45) is 5.16 Å². The van der Waals surface area contributed by atoms with E-state index in [-0.39, 0.29) is 23.9 Å². The Balaban J connectivity index is 1.93. The molecule has 0 bridgehead atoms. The molecule has 4 rings (SSSR count). The number of hydrogen-bond donors (Lipinski definition) is 0. The Bertz CT molecular complexity index is 1100. The van der Waals surface area contributed by atoms with Crippen LogP contribution in [-0.2, 0) is 14.4 Å². The molecular weight excluding hydrogens is 400 g/mol. The minimum Gasteiger partial charge on any atom is -0.327 e. The van der Waals surface area contributed by atoms with Crippen molar-refractivity contribution in [1.82, 2.24) is 4.90 Å². The van der Waals surface area contributed by atoms with Gasteiger partial charge in [0.25, 0.3) is 0 Å². The van der Waals surface area contributed by atoms with Gasteiger partial charge in [0.05, 0.1) is 23.7 Å². The highest BCUT2D eigenvalue weighted by Gasteiger charge is 2.44. The van der Waals surface area contributed by atoms with E-state index in [0.29, 0.717) is 6.42 Å². The predicted molar refractivity (Wildman–Crippen MR) is 124 cm³/mol. The van der Waals surface area contributed by atoms with Crippen molar-refractivity contribution in [2.75, 3.05) is 0 Å². The van der Waals surface area contributed by atoms with Crippen LogP contribution in [0.3, 0.4) is 0 Å². The van der Waals surface area contributed by atoms with Gasteiger partial charge in [-0.2, -0.15) is 0 Å². The highest BCUT2D eigenvalue weighted by Crippen LogP contribution is 2.48. The number of rotatable bonds is 4. The predicted octanol–water partition coefficient (Wildman–Crippen LogP) is 5.42. The van der Waals surface area contributed by atoms with Crippen molar-refractivity contribution in [3.05, 3.63) is 108 Å². The summed E-state index contributed by atoms with van der Waals surface area (Å²) in [5, 5.41) is 4.31. The summed E-state index contributed by atoms with van der Waals surface area (Å²) in [7, 11) is 0. The van der Waals surface area contributed by atoms with Crippen molar-refractivity contribution in [1.29, 1.82) is 0 Å². The second kappa shape index (κ2) is 9.60. The van der Waals surface area contributed by atoms with Gasteiger partial charge in [-0.3, -0.25) is 4.79 Å². The lowest BCUT2D eigenvalue weighted by Gasteiger charge is -2.47. The zero-order valence-corrected chi connectivity index (χ0v) is 18.2. The zero-order chi connectivity index (χ0) is 22.5. The topological polar surface area (TPSA) is 59.0 Å². The number of amides is 1. The minimum absolute atomic E-state index is 0.0137. The van der Waals surface area contributed by atoms with Gasteiger partial charge in [-0.15, -0.1) is 0 Å². The molecular formula is C27H26N2O3. The fourth-order valence-electron chi connectivity index (χ4n) is 4.58. The Hall–Kier alpha value is -3.73. The van der Waals surface area contributed by atoms with Crippen molar-refractivity contribution >= 4 is 17.6 Å². The van der Waals surface area contributed by atoms with E-state index >= 15 is 0 Å². The Kier molecular flexibility index (Phi) is 6.45. The summed E-state index contributed by atoms with van der Waals surface area (Å²) in [5.41, 5.74) is 3.79. The van der Waals surface area contributed by atoms with E-state index in [1.165, 1.54) is 6.92 Å². The molecule has 1 aliphatic rings. The SMILES string of the molecule is CC(=O)O/N=C1\CC(c2ccccc2)N(C(C)=O)C(c2ccccc2)C1c1ccccc1. The molecule has 1 saturated heterocycles. The van der Waals surface area contributed by atoms with Crippen LogP contribution in [0.5, 0.6) is 0 Å². The van der Waals surface area contributed by atoms with Crippen LogP contribution in [0.25, 0.3) is 0 Å². The number of benzene rings is 3. The molecule has 1 fully saturated rings. The number of oxime groups is 1. The van der Waals surface area contributed by atoms with Gasteiger partial charge < -0.3 is 9.74 Å². The smallest absolute Gasteiger partial charge is 0.327 e. The van der Waals surface area contributed by atoms with Crippen LogP contribution < -0.4 is 0 Å². The quantitative estimate of drug-likeness (QED) is 0.413. The van der Waals surface area contributed by atoms with Crippen molar-refractivity contribution in [3.63, 3.8) is 0 Å². The number of carbonyl (C=O) groups excluding carboxylic acids is 2. The number of hydrogen-bond acceptors (Lipinski definition) is 4. The molecule has 0 aliphatic carbocycles. The summed E-state index contributed by atoms with van der Waals surface area (Å²) < 4.78 is 0. The summed E-state index contributed by atoms with van der Waals surface area (Å²) in [6.07, 6.45) is 0.472. The summed E-state index contributed by atoms with van der Waals surface area (Å²) >= 11 is 0. The Labute approximate surface area is 188 Å². The van der Waals surface area contributed by atoms with Gasteiger partial charge in [0.15, 0.2) is 0 Å². The molecule has 0 spiro atoms. The Morgan fingerprint density at radius 1 is 0.781 bits per heavy atom. The van der Waals surface area contributed by atoms with E-state index in [0.717, 1.165) is 22.4 Å². The second-order valence-electron chi connectivity index (χ2n) is 7.97. The van der Waals surface area contributed by atoms with E-state index in [1.54, 1.807) is 6.92 Å². The first-order chi connectivity index (χ1) is 15.6. The fourth-order valence-corrected chi connectivity index (χ4v) is 4.58. The summed E-state index contributed by atoms with van der Waals surface area (Å²) in [6, 6.07) is 29.4. The molecule has 0 saturated carbocycles. The van der Waals surface area contributed by atoms with Crippen LogP contribution in [0.1, 0.15) is 55.0 Å². The highest BCUT2D eigenvalue weighted by molar-refractivity contribution is 5.95. The van der Waals surface area contributed by atoms with Gasteiger partial charge >= 0.3 is 5.97 Å². The number of nitrogens with zero attached hydrogens (tertiary/aromatic N) is 2. The zero-order valence-electron chi connectivity index (χ0n) is 18.2.